The van der Waals surface area contributed by atoms with E-state index in [-0.39, 0.29) is 24.5 Å². The van der Waals surface area contributed by atoms with Crippen molar-refractivity contribution in [3.8, 4) is 0 Å². The Balaban J connectivity index is 1.67. The normalized spacial score (nSPS) is 16.3. The van der Waals surface area contributed by atoms with Crippen LogP contribution in [0.4, 0.5) is 0 Å². The molecule has 2 heterocycles. The summed E-state index contributed by atoms with van der Waals surface area (Å²) in [4.78, 5) is 29.9. The fourth-order valence-corrected chi connectivity index (χ4v) is 3.84. The van der Waals surface area contributed by atoms with Gasteiger partial charge in [-0.25, -0.2) is 0 Å². The maximum absolute atomic E-state index is 13.3. The molecular formula is C25H34N2O4. The summed E-state index contributed by atoms with van der Waals surface area (Å²) in [6.45, 7) is 7.58. The van der Waals surface area contributed by atoms with Crippen LogP contribution in [-0.2, 0) is 27.3 Å². The summed E-state index contributed by atoms with van der Waals surface area (Å²) in [6.07, 6.45) is 4.64. The molecule has 1 aliphatic rings. The Kier molecular flexibility index (Phi) is 7.91. The van der Waals surface area contributed by atoms with E-state index in [4.69, 9.17) is 9.15 Å². The van der Waals surface area contributed by atoms with E-state index >= 15 is 0 Å². The summed E-state index contributed by atoms with van der Waals surface area (Å²) in [5, 5.41) is 0. The van der Waals surface area contributed by atoms with Crippen LogP contribution >= 0.6 is 0 Å². The molecule has 0 bridgehead atoms. The van der Waals surface area contributed by atoms with Crippen molar-refractivity contribution in [3.05, 3.63) is 60.1 Å². The van der Waals surface area contributed by atoms with Crippen LogP contribution in [0.2, 0.25) is 0 Å². The maximum Gasteiger partial charge on any atom is 0.242 e. The Hall–Kier alpha value is -2.60. The second kappa shape index (κ2) is 10.6. The molecule has 1 unspecified atom stereocenters. The van der Waals surface area contributed by atoms with E-state index in [1.165, 1.54) is 0 Å². The van der Waals surface area contributed by atoms with Crippen molar-refractivity contribution >= 4 is 11.8 Å². The van der Waals surface area contributed by atoms with E-state index in [0.717, 1.165) is 30.8 Å². The highest BCUT2D eigenvalue weighted by Crippen LogP contribution is 2.19. The molecule has 0 radical (unpaired) electrons. The lowest BCUT2D eigenvalue weighted by Crippen LogP contribution is -2.52. The van der Waals surface area contributed by atoms with Crippen molar-refractivity contribution < 1.29 is 18.7 Å². The Morgan fingerprint density at radius 3 is 2.45 bits per heavy atom. The molecule has 0 aliphatic carbocycles. The zero-order chi connectivity index (χ0) is 22.3. The smallest absolute Gasteiger partial charge is 0.242 e. The Morgan fingerprint density at radius 1 is 1.06 bits per heavy atom. The molecule has 6 heteroatoms. The molecule has 168 valence electrons. The lowest BCUT2D eigenvalue weighted by Gasteiger charge is -2.37. The van der Waals surface area contributed by atoms with Gasteiger partial charge in [0.1, 0.15) is 12.3 Å². The van der Waals surface area contributed by atoms with Crippen molar-refractivity contribution in [2.75, 3.05) is 19.7 Å². The Labute approximate surface area is 185 Å². The van der Waals surface area contributed by atoms with E-state index < -0.39 is 5.54 Å². The summed E-state index contributed by atoms with van der Waals surface area (Å²) < 4.78 is 11.2. The number of aryl methyl sites for hydroxylation is 1. The molecule has 1 saturated heterocycles. The lowest BCUT2D eigenvalue weighted by atomic mass is 10.0. The van der Waals surface area contributed by atoms with Crippen LogP contribution in [0.1, 0.15) is 51.4 Å². The molecule has 31 heavy (non-hydrogen) atoms. The predicted molar refractivity (Wildman–Crippen MR) is 119 cm³/mol. The molecule has 1 aromatic heterocycles. The van der Waals surface area contributed by atoms with Gasteiger partial charge in [0.15, 0.2) is 0 Å². The first-order chi connectivity index (χ1) is 14.8. The fourth-order valence-electron chi connectivity index (χ4n) is 3.84. The largest absolute Gasteiger partial charge is 0.467 e. The molecule has 1 fully saturated rings. The topological polar surface area (TPSA) is 63.0 Å². The highest BCUT2D eigenvalue weighted by atomic mass is 16.5. The second-order valence-electron chi connectivity index (χ2n) is 9.12. The molecule has 0 saturated carbocycles. The van der Waals surface area contributed by atoms with Crippen LogP contribution < -0.4 is 0 Å². The van der Waals surface area contributed by atoms with Crippen LogP contribution in [-0.4, -0.2) is 53.0 Å². The summed E-state index contributed by atoms with van der Waals surface area (Å²) in [6, 6.07) is 13.6. The van der Waals surface area contributed by atoms with E-state index in [1.807, 2.05) is 63.2 Å². The number of amides is 2. The number of benzene rings is 1. The number of ether oxygens (including phenoxy) is 1. The highest BCUT2D eigenvalue weighted by Gasteiger charge is 2.31. The second-order valence-corrected chi connectivity index (χ2v) is 9.12. The first kappa shape index (κ1) is 23.1. The monoisotopic (exact) mass is 426 g/mol. The Morgan fingerprint density at radius 2 is 1.84 bits per heavy atom. The van der Waals surface area contributed by atoms with E-state index in [2.05, 4.69) is 0 Å². The third-order valence-corrected chi connectivity index (χ3v) is 5.60. The number of carbonyl (C=O) groups is 2. The van der Waals surface area contributed by atoms with E-state index in [0.29, 0.717) is 25.9 Å². The molecule has 3 rings (SSSR count). The minimum atomic E-state index is -0.455. The first-order valence-electron chi connectivity index (χ1n) is 11.1. The molecule has 2 amide bonds. The SMILES string of the molecule is CC(C)(C)N(CC(=O)N(Cc1ccco1)CC1CCCO1)C(=O)CCc1ccccc1. The number of rotatable bonds is 9. The Bertz CT molecular complexity index is 821. The van der Waals surface area contributed by atoms with Crippen LogP contribution in [0, 0.1) is 0 Å². The standard InChI is InChI=1S/C25H34N2O4/c1-25(2,3)27(23(28)14-13-20-9-5-4-6-10-20)19-24(29)26(17-21-11-7-15-30-21)18-22-12-8-16-31-22/h4-7,9-11,15,22H,8,12-14,16-19H2,1-3H3. The van der Waals surface area contributed by atoms with Gasteiger partial charge in [0.05, 0.1) is 18.9 Å². The van der Waals surface area contributed by atoms with Crippen molar-refractivity contribution in [1.82, 2.24) is 9.80 Å². The third kappa shape index (κ3) is 6.96. The van der Waals surface area contributed by atoms with Gasteiger partial charge in [0.2, 0.25) is 11.8 Å². The van der Waals surface area contributed by atoms with Crippen LogP contribution in [0.3, 0.4) is 0 Å². The molecule has 2 aromatic rings. The minimum absolute atomic E-state index is 0.0141. The summed E-state index contributed by atoms with van der Waals surface area (Å²) >= 11 is 0. The predicted octanol–water partition coefficient (Wildman–Crippen LogP) is 4.05. The minimum Gasteiger partial charge on any atom is -0.467 e. The van der Waals surface area contributed by atoms with Crippen LogP contribution in [0.5, 0.6) is 0 Å². The number of hydrogen-bond donors (Lipinski definition) is 0. The molecule has 0 spiro atoms. The van der Waals surface area contributed by atoms with Gasteiger partial charge in [0.25, 0.3) is 0 Å². The van der Waals surface area contributed by atoms with Gasteiger partial charge in [0, 0.05) is 25.1 Å². The number of carbonyl (C=O) groups excluding carboxylic acids is 2. The number of furan rings is 1. The quantitative estimate of drug-likeness (QED) is 0.607. The molecule has 1 aliphatic heterocycles. The van der Waals surface area contributed by atoms with Gasteiger partial charge < -0.3 is 19.0 Å². The average molecular weight is 427 g/mol. The third-order valence-electron chi connectivity index (χ3n) is 5.60. The zero-order valence-electron chi connectivity index (χ0n) is 18.9. The molecule has 1 aromatic carbocycles. The van der Waals surface area contributed by atoms with Gasteiger partial charge >= 0.3 is 0 Å². The van der Waals surface area contributed by atoms with Crippen molar-refractivity contribution in [1.29, 1.82) is 0 Å². The summed E-state index contributed by atoms with van der Waals surface area (Å²) in [5.74, 6) is 0.624. The van der Waals surface area contributed by atoms with Crippen molar-refractivity contribution in [3.63, 3.8) is 0 Å². The van der Waals surface area contributed by atoms with Gasteiger partial charge in [-0.2, -0.15) is 0 Å². The molecular weight excluding hydrogens is 392 g/mol. The zero-order valence-corrected chi connectivity index (χ0v) is 18.9. The van der Waals surface area contributed by atoms with Gasteiger partial charge in [-0.3, -0.25) is 9.59 Å². The highest BCUT2D eigenvalue weighted by molar-refractivity contribution is 5.85. The lowest BCUT2D eigenvalue weighted by molar-refractivity contribution is -0.146. The van der Waals surface area contributed by atoms with Crippen LogP contribution in [0.15, 0.2) is 53.1 Å². The van der Waals surface area contributed by atoms with Crippen molar-refractivity contribution in [2.45, 2.75) is 64.6 Å². The van der Waals surface area contributed by atoms with Crippen molar-refractivity contribution in [2.24, 2.45) is 0 Å². The van der Waals surface area contributed by atoms with Gasteiger partial charge in [-0.1, -0.05) is 30.3 Å². The first-order valence-corrected chi connectivity index (χ1v) is 11.1. The summed E-state index contributed by atoms with van der Waals surface area (Å²) in [7, 11) is 0. The van der Waals surface area contributed by atoms with E-state index in [9.17, 15) is 9.59 Å². The molecule has 1 atom stereocenters. The summed E-state index contributed by atoms with van der Waals surface area (Å²) in [5.41, 5.74) is 0.665. The van der Waals surface area contributed by atoms with Crippen LogP contribution in [0.25, 0.3) is 0 Å². The number of nitrogens with zero attached hydrogens (tertiary/aromatic N) is 2. The van der Waals surface area contributed by atoms with Gasteiger partial charge in [-0.05, 0) is 57.7 Å². The molecule has 6 nitrogen and oxygen atoms in total. The average Bonchev–Trinajstić information content (AvgIpc) is 3.44. The fraction of sp³-hybridized carbons (Fsp3) is 0.520. The maximum atomic E-state index is 13.3. The van der Waals surface area contributed by atoms with Gasteiger partial charge in [-0.15, -0.1) is 0 Å². The molecule has 0 N–H and O–H groups in total. The van der Waals surface area contributed by atoms with E-state index in [1.54, 1.807) is 16.1 Å². The number of hydrogen-bond acceptors (Lipinski definition) is 4.